The van der Waals surface area contributed by atoms with Gasteiger partial charge in [0.15, 0.2) is 0 Å². The third-order valence-corrected chi connectivity index (χ3v) is 6.44. The molecule has 1 aliphatic carbocycles. The fourth-order valence-electron chi connectivity index (χ4n) is 4.33. The standard InChI is InChI=1S/C24H28ClN3O2/c1-17-13-18(2)15-19(14-17)24(7-8-24)23(30)26-16-22(29)28-11-9-27(10-12-28)21-5-3-20(25)4-6-21/h3-6,13-15H,7-12,16H2,1-2H3,(H,26,30). The highest BCUT2D eigenvalue weighted by atomic mass is 35.5. The van der Waals surface area contributed by atoms with Crippen molar-refractivity contribution in [2.24, 2.45) is 0 Å². The number of nitrogens with zero attached hydrogens (tertiary/aromatic N) is 2. The van der Waals surface area contributed by atoms with Crippen molar-refractivity contribution in [2.75, 3.05) is 37.6 Å². The predicted octanol–water partition coefficient (Wildman–Crippen LogP) is 3.45. The molecule has 2 aromatic rings. The van der Waals surface area contributed by atoms with Crippen LogP contribution in [0.5, 0.6) is 0 Å². The zero-order valence-electron chi connectivity index (χ0n) is 17.6. The van der Waals surface area contributed by atoms with Crippen LogP contribution in [0.25, 0.3) is 0 Å². The molecule has 0 aromatic heterocycles. The van der Waals surface area contributed by atoms with E-state index < -0.39 is 5.41 Å². The second-order valence-electron chi connectivity index (χ2n) is 8.49. The second-order valence-corrected chi connectivity index (χ2v) is 8.92. The van der Waals surface area contributed by atoms with Crippen LogP contribution in [0.1, 0.15) is 29.5 Å². The first-order valence-corrected chi connectivity index (χ1v) is 10.9. The minimum Gasteiger partial charge on any atom is -0.368 e. The van der Waals surface area contributed by atoms with Crippen LogP contribution >= 0.6 is 11.6 Å². The Labute approximate surface area is 183 Å². The molecular formula is C24H28ClN3O2. The zero-order valence-corrected chi connectivity index (χ0v) is 18.3. The molecule has 2 fully saturated rings. The molecule has 158 valence electrons. The molecule has 1 saturated heterocycles. The monoisotopic (exact) mass is 425 g/mol. The SMILES string of the molecule is Cc1cc(C)cc(C2(C(=O)NCC(=O)N3CCN(c4ccc(Cl)cc4)CC3)CC2)c1. The number of halogens is 1. The van der Waals surface area contributed by atoms with Crippen molar-refractivity contribution in [3.8, 4) is 0 Å². The number of hydrogen-bond acceptors (Lipinski definition) is 3. The van der Waals surface area contributed by atoms with Crippen molar-refractivity contribution in [1.82, 2.24) is 10.2 Å². The number of aryl methyl sites for hydroxylation is 2. The Morgan fingerprint density at radius 2 is 1.57 bits per heavy atom. The van der Waals surface area contributed by atoms with E-state index >= 15 is 0 Å². The molecule has 2 amide bonds. The van der Waals surface area contributed by atoms with Crippen LogP contribution in [0.3, 0.4) is 0 Å². The largest absolute Gasteiger partial charge is 0.368 e. The fraction of sp³-hybridized carbons (Fsp3) is 0.417. The number of amides is 2. The van der Waals surface area contributed by atoms with Gasteiger partial charge >= 0.3 is 0 Å². The Hall–Kier alpha value is -2.53. The molecule has 0 unspecified atom stereocenters. The number of benzene rings is 2. The topological polar surface area (TPSA) is 52.7 Å². The van der Waals surface area contributed by atoms with Crippen LogP contribution < -0.4 is 10.2 Å². The average Bonchev–Trinajstić information content (AvgIpc) is 3.54. The van der Waals surface area contributed by atoms with E-state index in [1.165, 1.54) is 11.1 Å². The number of carbonyl (C=O) groups is 2. The molecule has 5 nitrogen and oxygen atoms in total. The van der Waals surface area contributed by atoms with Gasteiger partial charge in [-0.3, -0.25) is 9.59 Å². The zero-order chi connectivity index (χ0) is 21.3. The number of carbonyl (C=O) groups excluding carboxylic acids is 2. The first kappa shape index (κ1) is 20.7. The minimum atomic E-state index is -0.454. The summed E-state index contributed by atoms with van der Waals surface area (Å²) in [7, 11) is 0. The van der Waals surface area contributed by atoms with Gasteiger partial charge in [0, 0.05) is 36.9 Å². The summed E-state index contributed by atoms with van der Waals surface area (Å²) < 4.78 is 0. The van der Waals surface area contributed by atoms with E-state index in [1.807, 2.05) is 29.2 Å². The smallest absolute Gasteiger partial charge is 0.242 e. The lowest BCUT2D eigenvalue weighted by molar-refractivity contribution is -0.133. The van der Waals surface area contributed by atoms with Gasteiger partial charge in [0.2, 0.25) is 11.8 Å². The average molecular weight is 426 g/mol. The van der Waals surface area contributed by atoms with Crippen LogP contribution in [0, 0.1) is 13.8 Å². The molecule has 1 aliphatic heterocycles. The minimum absolute atomic E-state index is 0.0182. The maximum absolute atomic E-state index is 12.9. The Kier molecular flexibility index (Phi) is 5.74. The number of hydrogen-bond donors (Lipinski definition) is 1. The fourth-order valence-corrected chi connectivity index (χ4v) is 4.45. The van der Waals surface area contributed by atoms with Gasteiger partial charge in [0.25, 0.3) is 0 Å². The van der Waals surface area contributed by atoms with Crippen LogP contribution in [0.4, 0.5) is 5.69 Å². The van der Waals surface area contributed by atoms with Gasteiger partial charge in [-0.1, -0.05) is 40.9 Å². The van der Waals surface area contributed by atoms with Gasteiger partial charge in [0.1, 0.15) is 0 Å². The highest BCUT2D eigenvalue weighted by molar-refractivity contribution is 6.30. The van der Waals surface area contributed by atoms with Crippen molar-refractivity contribution in [2.45, 2.75) is 32.1 Å². The maximum Gasteiger partial charge on any atom is 0.242 e. The van der Waals surface area contributed by atoms with E-state index in [9.17, 15) is 9.59 Å². The lowest BCUT2D eigenvalue weighted by Gasteiger charge is -2.36. The van der Waals surface area contributed by atoms with Gasteiger partial charge in [-0.05, 0) is 56.5 Å². The van der Waals surface area contributed by atoms with Crippen molar-refractivity contribution in [3.05, 3.63) is 64.2 Å². The van der Waals surface area contributed by atoms with E-state index in [2.05, 4.69) is 42.3 Å². The lowest BCUT2D eigenvalue weighted by Crippen LogP contribution is -2.51. The summed E-state index contributed by atoms with van der Waals surface area (Å²) in [6, 6.07) is 14.1. The summed E-state index contributed by atoms with van der Waals surface area (Å²) in [5.41, 5.74) is 4.06. The molecule has 2 aliphatic rings. The molecular weight excluding hydrogens is 398 g/mol. The van der Waals surface area contributed by atoms with E-state index in [1.54, 1.807) is 0 Å². The molecule has 0 radical (unpaired) electrons. The first-order valence-electron chi connectivity index (χ1n) is 10.5. The lowest BCUT2D eigenvalue weighted by atomic mass is 9.92. The quantitative estimate of drug-likeness (QED) is 0.798. The van der Waals surface area contributed by atoms with Crippen LogP contribution in [0.2, 0.25) is 5.02 Å². The number of rotatable bonds is 5. The summed E-state index contributed by atoms with van der Waals surface area (Å²) in [5, 5.41) is 3.63. The summed E-state index contributed by atoms with van der Waals surface area (Å²) in [6.07, 6.45) is 1.69. The summed E-state index contributed by atoms with van der Waals surface area (Å²) in [4.78, 5) is 29.6. The van der Waals surface area contributed by atoms with E-state index in [0.717, 1.165) is 42.2 Å². The Bertz CT molecular complexity index is 925. The number of nitrogens with one attached hydrogen (secondary N) is 1. The summed E-state index contributed by atoms with van der Waals surface area (Å²) >= 11 is 5.96. The Balaban J connectivity index is 1.30. The van der Waals surface area contributed by atoms with Crippen molar-refractivity contribution >= 4 is 29.1 Å². The van der Waals surface area contributed by atoms with Gasteiger partial charge < -0.3 is 15.1 Å². The molecule has 0 spiro atoms. The highest BCUT2D eigenvalue weighted by Crippen LogP contribution is 2.48. The van der Waals surface area contributed by atoms with Gasteiger partial charge in [-0.25, -0.2) is 0 Å². The molecule has 0 bridgehead atoms. The van der Waals surface area contributed by atoms with E-state index in [4.69, 9.17) is 11.6 Å². The Morgan fingerprint density at radius 1 is 0.967 bits per heavy atom. The molecule has 1 N–H and O–H groups in total. The number of anilines is 1. The summed E-state index contributed by atoms with van der Waals surface area (Å²) in [6.45, 7) is 7.02. The molecule has 0 atom stereocenters. The predicted molar refractivity (Wildman–Crippen MR) is 120 cm³/mol. The maximum atomic E-state index is 12.9. The van der Waals surface area contributed by atoms with E-state index in [0.29, 0.717) is 13.1 Å². The Morgan fingerprint density at radius 3 is 2.13 bits per heavy atom. The van der Waals surface area contributed by atoms with Crippen molar-refractivity contribution in [1.29, 1.82) is 0 Å². The van der Waals surface area contributed by atoms with Gasteiger partial charge in [-0.15, -0.1) is 0 Å². The van der Waals surface area contributed by atoms with Crippen molar-refractivity contribution < 1.29 is 9.59 Å². The second kappa shape index (κ2) is 8.31. The summed E-state index contributed by atoms with van der Waals surface area (Å²) in [5.74, 6) is -0.0454. The van der Waals surface area contributed by atoms with Crippen molar-refractivity contribution in [3.63, 3.8) is 0 Å². The van der Waals surface area contributed by atoms with Crippen LogP contribution in [-0.2, 0) is 15.0 Å². The van der Waals surface area contributed by atoms with Crippen LogP contribution in [-0.4, -0.2) is 49.4 Å². The van der Waals surface area contributed by atoms with Gasteiger partial charge in [0.05, 0.1) is 12.0 Å². The third kappa shape index (κ3) is 4.31. The first-order chi connectivity index (χ1) is 14.4. The highest BCUT2D eigenvalue weighted by Gasteiger charge is 2.51. The van der Waals surface area contributed by atoms with Crippen LogP contribution in [0.15, 0.2) is 42.5 Å². The third-order valence-electron chi connectivity index (χ3n) is 6.18. The number of piperazine rings is 1. The molecule has 30 heavy (non-hydrogen) atoms. The van der Waals surface area contributed by atoms with Gasteiger partial charge in [-0.2, -0.15) is 0 Å². The molecule has 2 aromatic carbocycles. The molecule has 6 heteroatoms. The van der Waals surface area contributed by atoms with E-state index in [-0.39, 0.29) is 18.4 Å². The molecule has 1 heterocycles. The normalized spacial score (nSPS) is 17.6. The molecule has 4 rings (SSSR count). The molecule has 1 saturated carbocycles.